The molecule has 0 radical (unpaired) electrons. The number of halogens is 2. The fourth-order valence-corrected chi connectivity index (χ4v) is 2.30. The third-order valence-corrected chi connectivity index (χ3v) is 3.64. The van der Waals surface area contributed by atoms with Crippen LogP contribution in [0.15, 0.2) is 30.6 Å². The number of nitrogens with zero attached hydrogens (tertiary/aromatic N) is 2. The SMILES string of the molecule is CN1C=CNN1[C@H](CCN)c1ccc(Cl)c(Cl)c1. The number of nitrogens with two attached hydrogens (primary N) is 1. The summed E-state index contributed by atoms with van der Waals surface area (Å²) in [6.45, 7) is 0.594. The topological polar surface area (TPSA) is 44.5 Å². The van der Waals surface area contributed by atoms with Crippen LogP contribution in [0.5, 0.6) is 0 Å². The van der Waals surface area contributed by atoms with E-state index in [1.165, 1.54) is 0 Å². The third kappa shape index (κ3) is 2.72. The summed E-state index contributed by atoms with van der Waals surface area (Å²) < 4.78 is 0. The van der Waals surface area contributed by atoms with E-state index in [1.807, 2.05) is 47.8 Å². The molecule has 0 amide bonds. The summed E-state index contributed by atoms with van der Waals surface area (Å²) in [5.74, 6) is 0. The van der Waals surface area contributed by atoms with E-state index in [-0.39, 0.29) is 6.04 Å². The smallest absolute Gasteiger partial charge is 0.0763 e. The van der Waals surface area contributed by atoms with Crippen molar-refractivity contribution in [1.29, 1.82) is 0 Å². The largest absolute Gasteiger partial charge is 0.330 e. The first-order valence-electron chi connectivity index (χ1n) is 5.73. The van der Waals surface area contributed by atoms with Gasteiger partial charge in [0.05, 0.1) is 16.1 Å². The Morgan fingerprint density at radius 2 is 2.11 bits per heavy atom. The summed E-state index contributed by atoms with van der Waals surface area (Å²) >= 11 is 12.0. The quantitative estimate of drug-likeness (QED) is 0.893. The maximum absolute atomic E-state index is 6.07. The van der Waals surface area contributed by atoms with Crippen LogP contribution in [0.4, 0.5) is 0 Å². The number of hydrogen-bond acceptors (Lipinski definition) is 4. The minimum absolute atomic E-state index is 0.116. The van der Waals surface area contributed by atoms with Gasteiger partial charge in [0.15, 0.2) is 0 Å². The van der Waals surface area contributed by atoms with Crippen LogP contribution in [0.25, 0.3) is 0 Å². The first kappa shape index (κ1) is 13.5. The molecule has 4 nitrogen and oxygen atoms in total. The van der Waals surface area contributed by atoms with Crippen molar-refractivity contribution in [3.05, 3.63) is 46.2 Å². The fourth-order valence-electron chi connectivity index (χ4n) is 2.00. The molecule has 0 saturated carbocycles. The van der Waals surface area contributed by atoms with Crippen LogP contribution < -0.4 is 11.2 Å². The second-order valence-electron chi connectivity index (χ2n) is 4.13. The maximum atomic E-state index is 6.07. The molecule has 1 atom stereocenters. The zero-order valence-electron chi connectivity index (χ0n) is 10.1. The standard InChI is InChI=1S/C12H16Cl2N4/c1-17-7-6-16-18(17)12(4-5-15)9-2-3-10(13)11(14)8-9/h2-3,6-8,12,16H,4-5,15H2,1H3/t12-/m1/s1. The Labute approximate surface area is 117 Å². The predicted molar refractivity (Wildman–Crippen MR) is 74.8 cm³/mol. The van der Waals surface area contributed by atoms with E-state index >= 15 is 0 Å². The second-order valence-corrected chi connectivity index (χ2v) is 4.94. The zero-order valence-corrected chi connectivity index (χ0v) is 11.6. The number of hydrazine groups is 2. The van der Waals surface area contributed by atoms with Crippen LogP contribution in [0.2, 0.25) is 10.0 Å². The molecule has 0 saturated heterocycles. The number of benzene rings is 1. The molecule has 2 rings (SSSR count). The van der Waals surface area contributed by atoms with E-state index in [0.717, 1.165) is 12.0 Å². The van der Waals surface area contributed by atoms with Crippen LogP contribution in [0.3, 0.4) is 0 Å². The molecule has 0 spiro atoms. The van der Waals surface area contributed by atoms with Gasteiger partial charge in [-0.2, -0.15) is 0 Å². The van der Waals surface area contributed by atoms with Crippen molar-refractivity contribution in [3.8, 4) is 0 Å². The maximum Gasteiger partial charge on any atom is 0.0763 e. The van der Waals surface area contributed by atoms with E-state index in [2.05, 4.69) is 5.43 Å². The molecule has 1 heterocycles. The Bertz CT molecular complexity index is 450. The Balaban J connectivity index is 2.26. The van der Waals surface area contributed by atoms with Gasteiger partial charge < -0.3 is 11.2 Å². The average Bonchev–Trinajstić information content (AvgIpc) is 2.76. The van der Waals surface area contributed by atoms with Crippen LogP contribution in [0, 0.1) is 0 Å². The monoisotopic (exact) mass is 286 g/mol. The molecule has 0 fully saturated rings. The molecule has 0 unspecified atom stereocenters. The number of nitrogens with one attached hydrogen (secondary N) is 1. The molecule has 0 aliphatic carbocycles. The average molecular weight is 287 g/mol. The third-order valence-electron chi connectivity index (χ3n) is 2.90. The fraction of sp³-hybridized carbons (Fsp3) is 0.333. The summed E-state index contributed by atoms with van der Waals surface area (Å²) in [6, 6.07) is 5.79. The lowest BCUT2D eigenvalue weighted by molar-refractivity contribution is -0.0204. The van der Waals surface area contributed by atoms with Gasteiger partial charge in [-0.25, -0.2) is 0 Å². The number of rotatable bonds is 4. The van der Waals surface area contributed by atoms with Crippen LogP contribution in [-0.2, 0) is 0 Å². The van der Waals surface area contributed by atoms with Gasteiger partial charge in [0.2, 0.25) is 0 Å². The van der Waals surface area contributed by atoms with Gasteiger partial charge >= 0.3 is 0 Å². The van der Waals surface area contributed by atoms with Crippen molar-refractivity contribution in [2.75, 3.05) is 13.6 Å². The summed E-state index contributed by atoms with van der Waals surface area (Å²) in [5.41, 5.74) is 9.95. The molecule has 98 valence electrons. The van der Waals surface area contributed by atoms with E-state index in [9.17, 15) is 0 Å². The Morgan fingerprint density at radius 1 is 1.33 bits per heavy atom. The summed E-state index contributed by atoms with van der Waals surface area (Å²) in [4.78, 5) is 0. The first-order valence-corrected chi connectivity index (χ1v) is 6.49. The predicted octanol–water partition coefficient (Wildman–Crippen LogP) is 2.52. The minimum atomic E-state index is 0.116. The highest BCUT2D eigenvalue weighted by Gasteiger charge is 2.24. The molecule has 1 aliphatic rings. The molecular formula is C12H16Cl2N4. The summed E-state index contributed by atoms with van der Waals surface area (Å²) in [7, 11) is 1.97. The normalized spacial score (nSPS) is 17.0. The Kier molecular flexibility index (Phi) is 4.35. The molecule has 1 aromatic carbocycles. The van der Waals surface area contributed by atoms with Crippen molar-refractivity contribution in [2.45, 2.75) is 12.5 Å². The highest BCUT2D eigenvalue weighted by Crippen LogP contribution is 2.30. The van der Waals surface area contributed by atoms with Gasteiger partial charge in [-0.05, 0) is 30.7 Å². The molecule has 6 heteroatoms. The van der Waals surface area contributed by atoms with Crippen molar-refractivity contribution < 1.29 is 0 Å². The van der Waals surface area contributed by atoms with E-state index in [4.69, 9.17) is 28.9 Å². The van der Waals surface area contributed by atoms with Gasteiger partial charge in [0.25, 0.3) is 0 Å². The van der Waals surface area contributed by atoms with Gasteiger partial charge in [0.1, 0.15) is 0 Å². The van der Waals surface area contributed by atoms with Gasteiger partial charge in [-0.1, -0.05) is 29.3 Å². The molecule has 3 N–H and O–H groups in total. The highest BCUT2D eigenvalue weighted by molar-refractivity contribution is 6.42. The molecule has 0 bridgehead atoms. The number of hydrogen-bond donors (Lipinski definition) is 2. The molecule has 0 aromatic heterocycles. The molecule has 18 heavy (non-hydrogen) atoms. The van der Waals surface area contributed by atoms with Gasteiger partial charge in [-0.15, -0.1) is 5.12 Å². The highest BCUT2D eigenvalue weighted by atomic mass is 35.5. The van der Waals surface area contributed by atoms with Crippen molar-refractivity contribution in [1.82, 2.24) is 15.6 Å². The Morgan fingerprint density at radius 3 is 2.67 bits per heavy atom. The van der Waals surface area contributed by atoms with E-state index in [0.29, 0.717) is 16.6 Å². The zero-order chi connectivity index (χ0) is 13.1. The molecule has 1 aromatic rings. The van der Waals surface area contributed by atoms with Crippen LogP contribution in [-0.4, -0.2) is 23.7 Å². The second kappa shape index (κ2) is 5.80. The van der Waals surface area contributed by atoms with Crippen molar-refractivity contribution >= 4 is 23.2 Å². The van der Waals surface area contributed by atoms with Gasteiger partial charge in [-0.3, -0.25) is 5.01 Å². The summed E-state index contributed by atoms with van der Waals surface area (Å²) in [6.07, 6.45) is 4.64. The summed E-state index contributed by atoms with van der Waals surface area (Å²) in [5, 5.41) is 5.11. The lowest BCUT2D eigenvalue weighted by Gasteiger charge is -2.33. The minimum Gasteiger partial charge on any atom is -0.330 e. The van der Waals surface area contributed by atoms with Gasteiger partial charge in [0, 0.05) is 19.4 Å². The van der Waals surface area contributed by atoms with Crippen LogP contribution in [0.1, 0.15) is 18.0 Å². The van der Waals surface area contributed by atoms with Crippen LogP contribution >= 0.6 is 23.2 Å². The first-order chi connectivity index (χ1) is 8.63. The van der Waals surface area contributed by atoms with E-state index < -0.39 is 0 Å². The lowest BCUT2D eigenvalue weighted by atomic mass is 10.0. The van der Waals surface area contributed by atoms with Crippen molar-refractivity contribution in [3.63, 3.8) is 0 Å². The van der Waals surface area contributed by atoms with E-state index in [1.54, 1.807) is 0 Å². The lowest BCUT2D eigenvalue weighted by Crippen LogP contribution is -2.43. The van der Waals surface area contributed by atoms with Crippen molar-refractivity contribution in [2.24, 2.45) is 5.73 Å². The molecule has 1 aliphatic heterocycles. The molecular weight excluding hydrogens is 271 g/mol. The Hall–Kier alpha value is -0.940.